The second kappa shape index (κ2) is 6.63. The molecule has 0 saturated heterocycles. The van der Waals surface area contributed by atoms with Gasteiger partial charge in [-0.1, -0.05) is 18.2 Å². The van der Waals surface area contributed by atoms with Crippen LogP contribution in [0.2, 0.25) is 0 Å². The van der Waals surface area contributed by atoms with Crippen LogP contribution >= 0.6 is 0 Å². The van der Waals surface area contributed by atoms with Gasteiger partial charge >= 0.3 is 0 Å². The lowest BCUT2D eigenvalue weighted by Gasteiger charge is -2.08. The molecule has 4 nitrogen and oxygen atoms in total. The number of nitrogens with two attached hydrogens (primary N) is 1. The summed E-state index contributed by atoms with van der Waals surface area (Å²) in [6.45, 7) is 0.502. The molecule has 3 aromatic rings. The van der Waals surface area contributed by atoms with Crippen molar-refractivity contribution >= 4 is 5.69 Å². The van der Waals surface area contributed by atoms with Crippen LogP contribution < -0.4 is 10.5 Å². The average molecular weight is 301 g/mol. The molecule has 23 heavy (non-hydrogen) atoms. The molecular formula is C19H15N3O. The zero-order valence-corrected chi connectivity index (χ0v) is 12.4. The van der Waals surface area contributed by atoms with Crippen LogP contribution in [0, 0.1) is 11.3 Å². The van der Waals surface area contributed by atoms with Crippen molar-refractivity contribution < 1.29 is 4.74 Å². The second-order valence-electron chi connectivity index (χ2n) is 5.08. The van der Waals surface area contributed by atoms with Crippen molar-refractivity contribution in [2.45, 2.75) is 6.61 Å². The molecular weight excluding hydrogens is 286 g/mol. The number of hydrogen-bond acceptors (Lipinski definition) is 4. The van der Waals surface area contributed by atoms with E-state index in [0.717, 1.165) is 22.4 Å². The minimum absolute atomic E-state index is 0.487. The van der Waals surface area contributed by atoms with Gasteiger partial charge in [0.2, 0.25) is 0 Å². The van der Waals surface area contributed by atoms with Gasteiger partial charge in [0.15, 0.2) is 0 Å². The van der Waals surface area contributed by atoms with Gasteiger partial charge in [-0.05, 0) is 53.1 Å². The first kappa shape index (κ1) is 14.6. The molecule has 2 N–H and O–H groups in total. The van der Waals surface area contributed by atoms with Crippen molar-refractivity contribution in [2.75, 3.05) is 5.73 Å². The van der Waals surface area contributed by atoms with Gasteiger partial charge in [0, 0.05) is 18.1 Å². The molecule has 0 atom stereocenters. The van der Waals surface area contributed by atoms with Gasteiger partial charge in [-0.3, -0.25) is 4.98 Å². The van der Waals surface area contributed by atoms with Crippen molar-refractivity contribution in [3.63, 3.8) is 0 Å². The highest BCUT2D eigenvalue weighted by atomic mass is 16.5. The Balaban J connectivity index is 1.73. The third-order valence-corrected chi connectivity index (χ3v) is 3.52. The van der Waals surface area contributed by atoms with Crippen molar-refractivity contribution in [3.8, 4) is 22.9 Å². The first-order valence-electron chi connectivity index (χ1n) is 7.18. The van der Waals surface area contributed by atoms with E-state index >= 15 is 0 Å². The maximum absolute atomic E-state index is 9.06. The highest BCUT2D eigenvalue weighted by Crippen LogP contribution is 2.25. The van der Waals surface area contributed by atoms with Gasteiger partial charge in [0.1, 0.15) is 18.4 Å². The molecule has 1 aromatic heterocycles. The van der Waals surface area contributed by atoms with E-state index in [2.05, 4.69) is 11.1 Å². The van der Waals surface area contributed by atoms with Gasteiger partial charge < -0.3 is 10.5 Å². The number of ether oxygens (including phenoxy) is 1. The lowest BCUT2D eigenvalue weighted by Crippen LogP contribution is -1.95. The van der Waals surface area contributed by atoms with Crippen LogP contribution in [0.3, 0.4) is 0 Å². The molecule has 0 spiro atoms. The maximum atomic E-state index is 9.06. The van der Waals surface area contributed by atoms with E-state index in [9.17, 15) is 0 Å². The Kier molecular flexibility index (Phi) is 4.21. The molecule has 4 heteroatoms. The first-order chi connectivity index (χ1) is 11.3. The molecule has 1 heterocycles. The van der Waals surface area contributed by atoms with Crippen LogP contribution in [0.25, 0.3) is 11.1 Å². The van der Waals surface area contributed by atoms with Gasteiger partial charge in [0.05, 0.1) is 5.56 Å². The zero-order valence-electron chi connectivity index (χ0n) is 12.4. The smallest absolute Gasteiger partial charge is 0.119 e. The number of rotatable bonds is 4. The van der Waals surface area contributed by atoms with E-state index in [-0.39, 0.29) is 0 Å². The van der Waals surface area contributed by atoms with Crippen LogP contribution in [-0.4, -0.2) is 4.98 Å². The number of hydrogen-bond donors (Lipinski definition) is 1. The standard InChI is InChI=1S/C19H15N3O/c20-12-17-11-16(3-6-19(17)21)15-1-4-18(5-2-15)23-13-14-7-9-22-10-8-14/h1-11H,13,21H2. The summed E-state index contributed by atoms with van der Waals surface area (Å²) in [6, 6.07) is 19.2. The number of nitrogens with zero attached hydrogens (tertiary/aromatic N) is 2. The van der Waals surface area contributed by atoms with Crippen LogP contribution in [0.5, 0.6) is 5.75 Å². The molecule has 0 aliphatic rings. The molecule has 0 aliphatic heterocycles. The molecule has 0 amide bonds. The molecule has 0 radical (unpaired) electrons. The Morgan fingerprint density at radius 1 is 0.957 bits per heavy atom. The Labute approximate surface area is 134 Å². The van der Waals surface area contributed by atoms with Crippen molar-refractivity contribution in [2.24, 2.45) is 0 Å². The summed E-state index contributed by atoms with van der Waals surface area (Å²) in [5, 5.41) is 9.06. The van der Waals surface area contributed by atoms with E-state index in [0.29, 0.717) is 17.9 Å². The highest BCUT2D eigenvalue weighted by molar-refractivity contribution is 5.70. The second-order valence-corrected chi connectivity index (χ2v) is 5.08. The van der Waals surface area contributed by atoms with Crippen molar-refractivity contribution in [1.29, 1.82) is 5.26 Å². The summed E-state index contributed by atoms with van der Waals surface area (Å²) in [5.41, 5.74) is 9.77. The Hall–Kier alpha value is -3.32. The number of nitrogen functional groups attached to an aromatic ring is 1. The third kappa shape index (κ3) is 3.47. The quantitative estimate of drug-likeness (QED) is 0.744. The summed E-state index contributed by atoms with van der Waals surface area (Å²) >= 11 is 0. The van der Waals surface area contributed by atoms with Gasteiger partial charge in [-0.2, -0.15) is 5.26 Å². The fourth-order valence-corrected chi connectivity index (χ4v) is 2.22. The third-order valence-electron chi connectivity index (χ3n) is 3.52. The van der Waals surface area contributed by atoms with Crippen molar-refractivity contribution in [1.82, 2.24) is 4.98 Å². The molecule has 0 unspecified atom stereocenters. The van der Waals surface area contributed by atoms with Crippen LogP contribution in [-0.2, 0) is 6.61 Å². The fraction of sp³-hybridized carbons (Fsp3) is 0.0526. The number of anilines is 1. The average Bonchev–Trinajstić information content (AvgIpc) is 2.62. The normalized spacial score (nSPS) is 10.0. The van der Waals surface area contributed by atoms with E-state index in [1.54, 1.807) is 24.5 Å². The fourth-order valence-electron chi connectivity index (χ4n) is 2.22. The predicted octanol–water partition coefficient (Wildman–Crippen LogP) is 3.78. The highest BCUT2D eigenvalue weighted by Gasteiger charge is 2.03. The first-order valence-corrected chi connectivity index (χ1v) is 7.18. The van der Waals surface area contributed by atoms with E-state index < -0.39 is 0 Å². The summed E-state index contributed by atoms with van der Waals surface area (Å²) in [5.74, 6) is 0.793. The Morgan fingerprint density at radius 3 is 2.35 bits per heavy atom. The van der Waals surface area contributed by atoms with Crippen molar-refractivity contribution in [3.05, 3.63) is 78.1 Å². The summed E-state index contributed by atoms with van der Waals surface area (Å²) in [4.78, 5) is 3.98. The number of nitriles is 1. The van der Waals surface area contributed by atoms with E-state index in [1.165, 1.54) is 0 Å². The summed E-state index contributed by atoms with van der Waals surface area (Å²) in [7, 11) is 0. The van der Waals surface area contributed by atoms with Gasteiger partial charge in [-0.15, -0.1) is 0 Å². The van der Waals surface area contributed by atoms with Gasteiger partial charge in [0.25, 0.3) is 0 Å². The van der Waals surface area contributed by atoms with Gasteiger partial charge in [-0.25, -0.2) is 0 Å². The Bertz CT molecular complexity index is 837. The lowest BCUT2D eigenvalue weighted by atomic mass is 10.0. The molecule has 0 bridgehead atoms. The monoisotopic (exact) mass is 301 g/mol. The van der Waals surface area contributed by atoms with E-state index in [4.69, 9.17) is 15.7 Å². The summed E-state index contributed by atoms with van der Waals surface area (Å²) in [6.07, 6.45) is 3.49. The van der Waals surface area contributed by atoms with Crippen LogP contribution in [0.1, 0.15) is 11.1 Å². The largest absolute Gasteiger partial charge is 0.489 e. The zero-order chi connectivity index (χ0) is 16.1. The predicted molar refractivity (Wildman–Crippen MR) is 89.6 cm³/mol. The van der Waals surface area contributed by atoms with Crippen LogP contribution in [0.4, 0.5) is 5.69 Å². The topological polar surface area (TPSA) is 71.9 Å². The van der Waals surface area contributed by atoms with E-state index in [1.807, 2.05) is 42.5 Å². The molecule has 0 fully saturated rings. The number of aromatic nitrogens is 1. The summed E-state index contributed by atoms with van der Waals surface area (Å²) < 4.78 is 5.75. The molecule has 0 aliphatic carbocycles. The Morgan fingerprint density at radius 2 is 1.65 bits per heavy atom. The number of pyridine rings is 1. The number of benzene rings is 2. The minimum atomic E-state index is 0.487. The SMILES string of the molecule is N#Cc1cc(-c2ccc(OCc3ccncc3)cc2)ccc1N. The van der Waals surface area contributed by atoms with Crippen LogP contribution in [0.15, 0.2) is 67.0 Å². The molecule has 0 saturated carbocycles. The lowest BCUT2D eigenvalue weighted by molar-refractivity contribution is 0.306. The molecule has 2 aromatic carbocycles. The molecule has 112 valence electrons. The molecule has 3 rings (SSSR count). The minimum Gasteiger partial charge on any atom is -0.489 e. The maximum Gasteiger partial charge on any atom is 0.119 e.